The van der Waals surface area contributed by atoms with Gasteiger partial charge in [-0.3, -0.25) is 0 Å². The van der Waals surface area contributed by atoms with Gasteiger partial charge in [-0.1, -0.05) is 6.07 Å². The molecule has 0 saturated heterocycles. The van der Waals surface area contributed by atoms with Crippen LogP contribution >= 0.6 is 0 Å². The molecule has 0 fully saturated rings. The van der Waals surface area contributed by atoms with E-state index in [1.807, 2.05) is 0 Å². The largest absolute Gasteiger partial charge is 0.450 e. The maximum Gasteiger partial charge on any atom is 0.407 e. The molecule has 88 valence electrons. The zero-order chi connectivity index (χ0) is 12.0. The molecule has 16 heavy (non-hydrogen) atoms. The minimum atomic E-state index is -0.611. The molecule has 0 aliphatic carbocycles. The third kappa shape index (κ3) is 3.84. The van der Waals surface area contributed by atoms with Gasteiger partial charge in [-0.2, -0.15) is 0 Å². The number of halogens is 2. The van der Waals surface area contributed by atoms with E-state index >= 15 is 0 Å². The molecule has 3 nitrogen and oxygen atoms in total. The van der Waals surface area contributed by atoms with E-state index in [2.05, 4.69) is 10.1 Å². The van der Waals surface area contributed by atoms with Crippen LogP contribution in [0.15, 0.2) is 18.2 Å². The molecule has 1 amide bonds. The minimum absolute atomic E-state index is 0.251. The van der Waals surface area contributed by atoms with Crippen molar-refractivity contribution >= 4 is 6.09 Å². The smallest absolute Gasteiger partial charge is 0.407 e. The topological polar surface area (TPSA) is 38.3 Å². The summed E-state index contributed by atoms with van der Waals surface area (Å²) in [4.78, 5) is 10.9. The van der Waals surface area contributed by atoms with E-state index in [-0.39, 0.29) is 13.2 Å². The van der Waals surface area contributed by atoms with Crippen LogP contribution in [0.25, 0.3) is 0 Å². The predicted molar refractivity (Wildman–Crippen MR) is 55.1 cm³/mol. The Labute approximate surface area is 92.4 Å². The van der Waals surface area contributed by atoms with Gasteiger partial charge in [0.15, 0.2) is 0 Å². The lowest BCUT2D eigenvalue weighted by Gasteiger charge is -2.05. The van der Waals surface area contributed by atoms with Crippen LogP contribution in [0.2, 0.25) is 0 Å². The molecule has 5 heteroatoms. The quantitative estimate of drug-likeness (QED) is 0.860. The lowest BCUT2D eigenvalue weighted by Crippen LogP contribution is -2.26. The van der Waals surface area contributed by atoms with Gasteiger partial charge >= 0.3 is 6.09 Å². The van der Waals surface area contributed by atoms with Crippen molar-refractivity contribution in [2.24, 2.45) is 0 Å². The number of amides is 1. The molecule has 0 heterocycles. The van der Waals surface area contributed by atoms with Crippen LogP contribution < -0.4 is 5.32 Å². The fraction of sp³-hybridized carbons (Fsp3) is 0.364. The Hall–Kier alpha value is -1.65. The Morgan fingerprint density at radius 3 is 2.81 bits per heavy atom. The second kappa shape index (κ2) is 6.05. The third-order valence-electron chi connectivity index (χ3n) is 1.95. The second-order valence-electron chi connectivity index (χ2n) is 3.13. The van der Waals surface area contributed by atoms with E-state index < -0.39 is 17.7 Å². The number of carbonyl (C=O) groups is 1. The number of benzene rings is 1. The van der Waals surface area contributed by atoms with Gasteiger partial charge in [0, 0.05) is 12.6 Å². The van der Waals surface area contributed by atoms with E-state index in [9.17, 15) is 13.6 Å². The summed E-state index contributed by atoms with van der Waals surface area (Å²) < 4.78 is 30.3. The molecule has 1 N–H and O–H groups in total. The summed E-state index contributed by atoms with van der Waals surface area (Å²) in [7, 11) is 0. The van der Waals surface area contributed by atoms with Crippen LogP contribution in [0.4, 0.5) is 13.6 Å². The molecule has 1 rings (SSSR count). The summed E-state index contributed by atoms with van der Waals surface area (Å²) in [5.41, 5.74) is 0.359. The van der Waals surface area contributed by atoms with E-state index in [0.29, 0.717) is 12.0 Å². The molecule has 0 bridgehead atoms. The standard InChI is InChI=1S/C11H13F2NO2/c1-2-16-11(15)14-6-5-8-3-4-9(12)7-10(8)13/h3-4,7H,2,5-6H2,1H3,(H,14,15). The van der Waals surface area contributed by atoms with Crippen LogP contribution in [0, 0.1) is 11.6 Å². The van der Waals surface area contributed by atoms with Gasteiger partial charge in [0.05, 0.1) is 6.61 Å². The maximum atomic E-state index is 13.1. The first-order chi connectivity index (χ1) is 7.63. The summed E-state index contributed by atoms with van der Waals surface area (Å²) in [5, 5.41) is 2.45. The molecule has 1 aromatic rings. The Morgan fingerprint density at radius 1 is 1.44 bits per heavy atom. The molecule has 1 aromatic carbocycles. The van der Waals surface area contributed by atoms with Crippen LogP contribution in [-0.4, -0.2) is 19.2 Å². The van der Waals surface area contributed by atoms with Crippen LogP contribution in [0.3, 0.4) is 0 Å². The highest BCUT2D eigenvalue weighted by Crippen LogP contribution is 2.09. The highest BCUT2D eigenvalue weighted by atomic mass is 19.1. The van der Waals surface area contributed by atoms with Crippen molar-refractivity contribution in [1.82, 2.24) is 5.32 Å². The van der Waals surface area contributed by atoms with Gasteiger partial charge in [-0.15, -0.1) is 0 Å². The molecule has 0 aromatic heterocycles. The Balaban J connectivity index is 2.40. The average molecular weight is 229 g/mol. The summed E-state index contributed by atoms with van der Waals surface area (Å²) in [6, 6.07) is 3.36. The molecule has 0 spiro atoms. The number of rotatable bonds is 4. The highest BCUT2D eigenvalue weighted by molar-refractivity contribution is 5.67. The molecular formula is C11H13F2NO2. The Bertz CT molecular complexity index is 369. The monoisotopic (exact) mass is 229 g/mol. The van der Waals surface area contributed by atoms with Gasteiger partial charge in [-0.05, 0) is 25.0 Å². The number of hydrogen-bond donors (Lipinski definition) is 1. The van der Waals surface area contributed by atoms with Gasteiger partial charge in [0.2, 0.25) is 0 Å². The second-order valence-corrected chi connectivity index (χ2v) is 3.13. The first-order valence-corrected chi connectivity index (χ1v) is 4.98. The highest BCUT2D eigenvalue weighted by Gasteiger charge is 2.04. The molecule has 0 aliphatic heterocycles. The SMILES string of the molecule is CCOC(=O)NCCc1ccc(F)cc1F. The molecule has 0 atom stereocenters. The Kier molecular flexibility index (Phi) is 4.69. The molecule has 0 radical (unpaired) electrons. The van der Waals surface area contributed by atoms with Crippen molar-refractivity contribution in [3.8, 4) is 0 Å². The molecular weight excluding hydrogens is 216 g/mol. The molecule has 0 aliphatic rings. The van der Waals surface area contributed by atoms with Gasteiger partial charge in [0.25, 0.3) is 0 Å². The number of alkyl carbamates (subject to hydrolysis) is 1. The fourth-order valence-electron chi connectivity index (χ4n) is 1.21. The predicted octanol–water partition coefficient (Wildman–Crippen LogP) is 2.25. The van der Waals surface area contributed by atoms with E-state index in [1.165, 1.54) is 12.1 Å². The van der Waals surface area contributed by atoms with Crippen LogP contribution in [0.1, 0.15) is 12.5 Å². The van der Waals surface area contributed by atoms with Crippen LogP contribution in [0.5, 0.6) is 0 Å². The normalized spacial score (nSPS) is 9.94. The zero-order valence-corrected chi connectivity index (χ0v) is 8.93. The van der Waals surface area contributed by atoms with Gasteiger partial charge < -0.3 is 10.1 Å². The van der Waals surface area contributed by atoms with E-state index in [4.69, 9.17) is 0 Å². The summed E-state index contributed by atoms with van der Waals surface area (Å²) in [6.45, 7) is 2.23. The van der Waals surface area contributed by atoms with Crippen molar-refractivity contribution in [3.63, 3.8) is 0 Å². The minimum Gasteiger partial charge on any atom is -0.450 e. The first-order valence-electron chi connectivity index (χ1n) is 4.98. The lowest BCUT2D eigenvalue weighted by atomic mass is 10.1. The average Bonchev–Trinajstić information content (AvgIpc) is 2.22. The van der Waals surface area contributed by atoms with Crippen molar-refractivity contribution < 1.29 is 18.3 Å². The summed E-state index contributed by atoms with van der Waals surface area (Å²) in [5.74, 6) is -1.22. The van der Waals surface area contributed by atoms with E-state index in [0.717, 1.165) is 6.07 Å². The van der Waals surface area contributed by atoms with Crippen LogP contribution in [-0.2, 0) is 11.2 Å². The number of ether oxygens (including phenoxy) is 1. The summed E-state index contributed by atoms with van der Waals surface area (Å²) in [6.07, 6.45) is -0.240. The molecule has 0 unspecified atom stereocenters. The number of hydrogen-bond acceptors (Lipinski definition) is 2. The van der Waals surface area contributed by atoms with Crippen molar-refractivity contribution in [3.05, 3.63) is 35.4 Å². The fourth-order valence-corrected chi connectivity index (χ4v) is 1.21. The Morgan fingerprint density at radius 2 is 2.19 bits per heavy atom. The van der Waals surface area contributed by atoms with Crippen molar-refractivity contribution in [1.29, 1.82) is 0 Å². The first kappa shape index (κ1) is 12.4. The molecule has 0 saturated carbocycles. The maximum absolute atomic E-state index is 13.1. The van der Waals surface area contributed by atoms with Crippen molar-refractivity contribution in [2.45, 2.75) is 13.3 Å². The third-order valence-corrected chi connectivity index (χ3v) is 1.95. The van der Waals surface area contributed by atoms with Gasteiger partial charge in [-0.25, -0.2) is 13.6 Å². The van der Waals surface area contributed by atoms with Crippen molar-refractivity contribution in [2.75, 3.05) is 13.2 Å². The van der Waals surface area contributed by atoms with Gasteiger partial charge in [0.1, 0.15) is 11.6 Å². The number of nitrogens with one attached hydrogen (secondary N) is 1. The van der Waals surface area contributed by atoms with E-state index in [1.54, 1.807) is 6.92 Å². The zero-order valence-electron chi connectivity index (χ0n) is 8.93. The number of carbonyl (C=O) groups excluding carboxylic acids is 1. The lowest BCUT2D eigenvalue weighted by molar-refractivity contribution is 0.152. The summed E-state index contributed by atoms with van der Waals surface area (Å²) >= 11 is 0.